The molecule has 2 N–H and O–H groups in total. The minimum absolute atomic E-state index is 0.304. The van der Waals surface area contributed by atoms with Gasteiger partial charge in [-0.3, -0.25) is 0 Å². The molecule has 3 rings (SSSR count). The molecule has 17 heavy (non-hydrogen) atoms. The van der Waals surface area contributed by atoms with Gasteiger partial charge in [0, 0.05) is 12.0 Å². The predicted molar refractivity (Wildman–Crippen MR) is 72.0 cm³/mol. The lowest BCUT2D eigenvalue weighted by atomic mass is 9.49. The second-order valence-corrected chi connectivity index (χ2v) is 6.41. The molecule has 92 valence electrons. The third kappa shape index (κ3) is 1.72. The summed E-state index contributed by atoms with van der Waals surface area (Å²) in [7, 11) is 0. The third-order valence-corrected chi connectivity index (χ3v) is 5.15. The van der Waals surface area contributed by atoms with Crippen LogP contribution < -0.4 is 5.73 Å². The summed E-state index contributed by atoms with van der Waals surface area (Å²) in [4.78, 5) is 0. The maximum Gasteiger partial charge on any atom is 0.00861 e. The minimum atomic E-state index is 0.304. The van der Waals surface area contributed by atoms with Gasteiger partial charge in [-0.05, 0) is 43.6 Å². The van der Waals surface area contributed by atoms with E-state index in [1.165, 1.54) is 49.7 Å². The quantitative estimate of drug-likeness (QED) is 0.824. The standard InChI is InChI=1S/C16H23N/c1-13-4-6-14(7-5-13)16(12-17)10-15(11-16)8-2-3-9-15/h4-7H,2-3,8-12,17H2,1H3. The number of nitrogens with two attached hydrogens (primary N) is 1. The van der Waals surface area contributed by atoms with Gasteiger partial charge < -0.3 is 5.73 Å². The molecule has 0 unspecified atom stereocenters. The second kappa shape index (κ2) is 3.84. The first-order valence-electron chi connectivity index (χ1n) is 6.95. The first-order chi connectivity index (χ1) is 8.18. The van der Waals surface area contributed by atoms with Crippen molar-refractivity contribution in [3.05, 3.63) is 35.4 Å². The molecule has 0 radical (unpaired) electrons. The summed E-state index contributed by atoms with van der Waals surface area (Å²) >= 11 is 0. The fraction of sp³-hybridized carbons (Fsp3) is 0.625. The van der Waals surface area contributed by atoms with Crippen molar-refractivity contribution in [3.63, 3.8) is 0 Å². The minimum Gasteiger partial charge on any atom is -0.330 e. The van der Waals surface area contributed by atoms with E-state index in [2.05, 4.69) is 31.2 Å². The lowest BCUT2D eigenvalue weighted by Crippen LogP contribution is -2.52. The van der Waals surface area contributed by atoms with Gasteiger partial charge in [0.15, 0.2) is 0 Å². The Kier molecular flexibility index (Phi) is 2.55. The Labute approximate surface area is 104 Å². The molecule has 2 fully saturated rings. The van der Waals surface area contributed by atoms with Gasteiger partial charge in [-0.2, -0.15) is 0 Å². The molecule has 0 heterocycles. The molecule has 0 atom stereocenters. The summed E-state index contributed by atoms with van der Waals surface area (Å²) < 4.78 is 0. The fourth-order valence-corrected chi connectivity index (χ4v) is 4.24. The van der Waals surface area contributed by atoms with Crippen LogP contribution in [0.1, 0.15) is 49.7 Å². The SMILES string of the molecule is Cc1ccc(C2(CN)CC3(CCCC3)C2)cc1. The molecule has 2 aliphatic carbocycles. The maximum atomic E-state index is 6.09. The van der Waals surface area contributed by atoms with Gasteiger partial charge in [-0.25, -0.2) is 0 Å². The zero-order valence-corrected chi connectivity index (χ0v) is 10.8. The van der Waals surface area contributed by atoms with E-state index in [4.69, 9.17) is 5.73 Å². The van der Waals surface area contributed by atoms with Crippen molar-refractivity contribution in [3.8, 4) is 0 Å². The second-order valence-electron chi connectivity index (χ2n) is 6.41. The Morgan fingerprint density at radius 3 is 2.18 bits per heavy atom. The Balaban J connectivity index is 1.83. The highest BCUT2D eigenvalue weighted by Crippen LogP contribution is 2.62. The van der Waals surface area contributed by atoms with Gasteiger partial charge in [0.1, 0.15) is 0 Å². The molecule has 1 spiro atoms. The molecule has 0 aliphatic heterocycles. The lowest BCUT2D eigenvalue weighted by molar-refractivity contribution is 0.0329. The highest BCUT2D eigenvalue weighted by Gasteiger charge is 2.54. The Bertz CT molecular complexity index is 390. The molecule has 0 aromatic heterocycles. The van der Waals surface area contributed by atoms with Crippen LogP contribution in [0, 0.1) is 12.3 Å². The highest BCUT2D eigenvalue weighted by molar-refractivity contribution is 5.33. The Morgan fingerprint density at radius 1 is 1.06 bits per heavy atom. The van der Waals surface area contributed by atoms with Crippen LogP contribution in [0.5, 0.6) is 0 Å². The molecule has 2 saturated carbocycles. The Morgan fingerprint density at radius 2 is 1.65 bits per heavy atom. The van der Waals surface area contributed by atoms with E-state index in [-0.39, 0.29) is 0 Å². The number of rotatable bonds is 2. The summed E-state index contributed by atoms with van der Waals surface area (Å²) in [6.45, 7) is 2.97. The van der Waals surface area contributed by atoms with Crippen LogP contribution >= 0.6 is 0 Å². The van der Waals surface area contributed by atoms with E-state index in [1.54, 1.807) is 0 Å². The fourth-order valence-electron chi connectivity index (χ4n) is 4.24. The zero-order chi connectivity index (χ0) is 11.9. The van der Waals surface area contributed by atoms with Crippen molar-refractivity contribution in [2.45, 2.75) is 50.9 Å². The lowest BCUT2D eigenvalue weighted by Gasteiger charge is -2.55. The average Bonchev–Trinajstić information content (AvgIpc) is 2.76. The van der Waals surface area contributed by atoms with Crippen LogP contribution in [-0.2, 0) is 5.41 Å². The molecule has 1 heteroatoms. The summed E-state index contributed by atoms with van der Waals surface area (Å²) in [5, 5.41) is 0. The number of aryl methyl sites for hydroxylation is 1. The largest absolute Gasteiger partial charge is 0.330 e. The molecule has 0 saturated heterocycles. The van der Waals surface area contributed by atoms with E-state index < -0.39 is 0 Å². The smallest absolute Gasteiger partial charge is 0.00861 e. The van der Waals surface area contributed by atoms with E-state index in [0.29, 0.717) is 10.8 Å². The molecule has 1 aromatic carbocycles. The summed E-state index contributed by atoms with van der Waals surface area (Å²) in [6.07, 6.45) is 8.43. The van der Waals surface area contributed by atoms with Gasteiger partial charge in [-0.1, -0.05) is 42.7 Å². The molecule has 2 aliphatic rings. The van der Waals surface area contributed by atoms with Crippen LogP contribution in [-0.4, -0.2) is 6.54 Å². The van der Waals surface area contributed by atoms with Crippen LogP contribution in [0.2, 0.25) is 0 Å². The number of hydrogen-bond acceptors (Lipinski definition) is 1. The van der Waals surface area contributed by atoms with Crippen molar-refractivity contribution in [2.75, 3.05) is 6.54 Å². The van der Waals surface area contributed by atoms with Crippen LogP contribution in [0.15, 0.2) is 24.3 Å². The van der Waals surface area contributed by atoms with Gasteiger partial charge in [-0.15, -0.1) is 0 Å². The molecule has 1 nitrogen and oxygen atoms in total. The highest BCUT2D eigenvalue weighted by atomic mass is 14.7. The van der Waals surface area contributed by atoms with Gasteiger partial charge in [0.25, 0.3) is 0 Å². The molecule has 0 bridgehead atoms. The topological polar surface area (TPSA) is 26.0 Å². The van der Waals surface area contributed by atoms with Crippen molar-refractivity contribution >= 4 is 0 Å². The maximum absolute atomic E-state index is 6.09. The number of benzene rings is 1. The first-order valence-corrected chi connectivity index (χ1v) is 6.95. The molecule has 0 amide bonds. The van der Waals surface area contributed by atoms with E-state index in [9.17, 15) is 0 Å². The Hall–Kier alpha value is -0.820. The monoisotopic (exact) mass is 229 g/mol. The normalized spacial score (nSPS) is 24.8. The average molecular weight is 229 g/mol. The molecular weight excluding hydrogens is 206 g/mol. The van der Waals surface area contributed by atoms with Crippen molar-refractivity contribution in [1.82, 2.24) is 0 Å². The summed E-state index contributed by atoms with van der Waals surface area (Å²) in [6, 6.07) is 9.05. The van der Waals surface area contributed by atoms with Gasteiger partial charge in [0.2, 0.25) is 0 Å². The van der Waals surface area contributed by atoms with Crippen LogP contribution in [0.4, 0.5) is 0 Å². The summed E-state index contributed by atoms with van der Waals surface area (Å²) in [5.41, 5.74) is 9.88. The predicted octanol–water partition coefficient (Wildman–Crippen LogP) is 3.55. The third-order valence-electron chi connectivity index (χ3n) is 5.15. The first kappa shape index (κ1) is 11.3. The van der Waals surface area contributed by atoms with Gasteiger partial charge >= 0.3 is 0 Å². The van der Waals surface area contributed by atoms with Crippen LogP contribution in [0.3, 0.4) is 0 Å². The van der Waals surface area contributed by atoms with Gasteiger partial charge in [0.05, 0.1) is 0 Å². The molecular formula is C16H23N. The van der Waals surface area contributed by atoms with Crippen molar-refractivity contribution < 1.29 is 0 Å². The van der Waals surface area contributed by atoms with E-state index in [0.717, 1.165) is 6.54 Å². The van der Waals surface area contributed by atoms with Crippen molar-refractivity contribution in [2.24, 2.45) is 11.1 Å². The van der Waals surface area contributed by atoms with Crippen LogP contribution in [0.25, 0.3) is 0 Å². The van der Waals surface area contributed by atoms with Crippen molar-refractivity contribution in [1.29, 1.82) is 0 Å². The summed E-state index contributed by atoms with van der Waals surface area (Å²) in [5.74, 6) is 0. The molecule has 1 aromatic rings. The van der Waals surface area contributed by atoms with E-state index >= 15 is 0 Å². The van der Waals surface area contributed by atoms with E-state index in [1.807, 2.05) is 0 Å². The number of hydrogen-bond donors (Lipinski definition) is 1. The zero-order valence-electron chi connectivity index (χ0n) is 10.8.